The van der Waals surface area contributed by atoms with Gasteiger partial charge in [0, 0.05) is 35.4 Å². The van der Waals surface area contributed by atoms with E-state index < -0.39 is 17.9 Å². The Morgan fingerprint density at radius 2 is 1.03 bits per heavy atom. The molecule has 1 aromatic heterocycles. The summed E-state index contributed by atoms with van der Waals surface area (Å²) in [6.45, 7) is 10.1. The normalized spacial score (nSPS) is 10.0. The molecule has 3 aromatic rings. The minimum atomic E-state index is -0.666. The lowest BCUT2D eigenvalue weighted by Crippen LogP contribution is -2.06. The summed E-state index contributed by atoms with van der Waals surface area (Å²) < 4.78 is 21.3. The first-order valence-electron chi connectivity index (χ1n) is 9.30. The maximum atomic E-state index is 11.6. The molecule has 160 valence electrons. The minimum Gasteiger partial charge on any atom is -0.456 e. The van der Waals surface area contributed by atoms with Crippen molar-refractivity contribution in [2.75, 3.05) is 0 Å². The van der Waals surface area contributed by atoms with Crippen LogP contribution >= 0.6 is 0 Å². The molecule has 1 heterocycles. The van der Waals surface area contributed by atoms with Crippen molar-refractivity contribution in [3.05, 3.63) is 92.6 Å². The van der Waals surface area contributed by atoms with Crippen molar-refractivity contribution in [3.63, 3.8) is 0 Å². The van der Waals surface area contributed by atoms with Crippen LogP contribution in [0, 0.1) is 0 Å². The third-order valence-electron chi connectivity index (χ3n) is 4.06. The second kappa shape index (κ2) is 9.90. The van der Waals surface area contributed by atoms with E-state index in [0.29, 0.717) is 22.8 Å². The van der Waals surface area contributed by atoms with E-state index in [2.05, 4.69) is 19.7 Å². The molecule has 0 saturated carbocycles. The highest BCUT2D eigenvalue weighted by atomic mass is 16.5. The minimum absolute atomic E-state index is 0.144. The van der Waals surface area contributed by atoms with Crippen molar-refractivity contribution in [1.29, 1.82) is 0 Å². The molecule has 3 rings (SSSR count). The van der Waals surface area contributed by atoms with Gasteiger partial charge in [-0.1, -0.05) is 19.7 Å². The Balaban J connectivity index is 1.90. The first-order chi connectivity index (χ1) is 15.4. The smallest absolute Gasteiger partial charge is 0.335 e. The van der Waals surface area contributed by atoms with Crippen LogP contribution in [0.3, 0.4) is 0 Å². The summed E-state index contributed by atoms with van der Waals surface area (Å²) in [5.74, 6) is -0.245. The summed E-state index contributed by atoms with van der Waals surface area (Å²) in [6, 6.07) is 14.7. The molecule has 7 nitrogen and oxygen atoms in total. The molecule has 0 aliphatic rings. The number of furan rings is 1. The maximum Gasteiger partial charge on any atom is 0.335 e. The number of rotatable bonds is 8. The Labute approximate surface area is 183 Å². The van der Waals surface area contributed by atoms with Crippen LogP contribution in [0.1, 0.15) is 0 Å². The molecule has 7 heteroatoms. The van der Waals surface area contributed by atoms with Gasteiger partial charge in [-0.2, -0.15) is 0 Å². The van der Waals surface area contributed by atoms with E-state index in [1.807, 2.05) is 0 Å². The molecule has 0 amide bonds. The van der Waals surface area contributed by atoms with Gasteiger partial charge in [-0.15, -0.1) is 0 Å². The molecule has 32 heavy (non-hydrogen) atoms. The molecule has 0 unspecified atom stereocenters. The Morgan fingerprint density at radius 3 is 1.50 bits per heavy atom. The Bertz CT molecular complexity index is 1160. The summed E-state index contributed by atoms with van der Waals surface area (Å²) >= 11 is 0. The largest absolute Gasteiger partial charge is 0.456 e. The van der Waals surface area contributed by atoms with Crippen LogP contribution in [0.2, 0.25) is 0 Å². The van der Waals surface area contributed by atoms with Gasteiger partial charge in [-0.05, 0) is 48.5 Å². The molecule has 0 N–H and O–H groups in total. The molecular weight excluding hydrogens is 412 g/mol. The quantitative estimate of drug-likeness (QED) is 0.285. The van der Waals surface area contributed by atoms with E-state index in [-0.39, 0.29) is 11.5 Å². The van der Waals surface area contributed by atoms with Gasteiger partial charge < -0.3 is 18.6 Å². The predicted molar refractivity (Wildman–Crippen MR) is 117 cm³/mol. The fourth-order valence-electron chi connectivity index (χ4n) is 2.64. The zero-order chi connectivity index (χ0) is 23.1. The highest BCUT2D eigenvalue weighted by Crippen LogP contribution is 2.34. The monoisotopic (exact) mass is 430 g/mol. The van der Waals surface area contributed by atoms with E-state index in [1.165, 1.54) is 6.07 Å². The number of hydrogen-bond donors (Lipinski definition) is 0. The molecule has 0 spiro atoms. The van der Waals surface area contributed by atoms with Gasteiger partial charge in [0.05, 0.1) is 0 Å². The van der Waals surface area contributed by atoms with E-state index in [9.17, 15) is 14.4 Å². The van der Waals surface area contributed by atoms with Gasteiger partial charge in [-0.25, -0.2) is 14.4 Å². The van der Waals surface area contributed by atoms with Crippen molar-refractivity contribution in [2.24, 2.45) is 0 Å². The Kier molecular flexibility index (Phi) is 6.82. The fourth-order valence-corrected chi connectivity index (χ4v) is 2.64. The highest BCUT2D eigenvalue weighted by Gasteiger charge is 2.13. The summed E-state index contributed by atoms with van der Waals surface area (Å²) in [7, 11) is 0. The molecular formula is C25H18O7. The fraction of sp³-hybridized carbons (Fsp3) is 0. The number of hydrogen-bond acceptors (Lipinski definition) is 7. The van der Waals surface area contributed by atoms with E-state index >= 15 is 0 Å². The number of benzene rings is 2. The summed E-state index contributed by atoms with van der Waals surface area (Å²) in [5, 5.41) is 0. The second-order valence-corrected chi connectivity index (χ2v) is 6.26. The zero-order valence-corrected chi connectivity index (χ0v) is 16.9. The van der Waals surface area contributed by atoms with Crippen molar-refractivity contribution in [2.45, 2.75) is 0 Å². The third kappa shape index (κ3) is 5.48. The molecule has 0 aliphatic heterocycles. The summed E-state index contributed by atoms with van der Waals surface area (Å²) in [4.78, 5) is 34.5. The number of carbonyl (C=O) groups excluding carboxylic acids is 3. The lowest BCUT2D eigenvalue weighted by atomic mass is 10.1. The standard InChI is InChI=1S/C25H18O7/c1-4-23(26)29-18-9-7-16(8-10-18)21-11-12-22(32-21)17-13-19(30-24(27)5-2)15-20(14-17)31-25(28)6-3/h4-15H,1-3H2. The zero-order valence-electron chi connectivity index (χ0n) is 16.9. The van der Waals surface area contributed by atoms with E-state index in [0.717, 1.165) is 23.8 Å². The van der Waals surface area contributed by atoms with Gasteiger partial charge in [0.15, 0.2) is 0 Å². The molecule has 0 bridgehead atoms. The van der Waals surface area contributed by atoms with Crippen molar-refractivity contribution in [3.8, 4) is 39.9 Å². The van der Waals surface area contributed by atoms with Gasteiger partial charge >= 0.3 is 17.9 Å². The third-order valence-corrected chi connectivity index (χ3v) is 4.06. The van der Waals surface area contributed by atoms with E-state index in [4.69, 9.17) is 18.6 Å². The molecule has 0 atom stereocenters. The molecule has 0 radical (unpaired) electrons. The average Bonchev–Trinajstić information content (AvgIpc) is 3.29. The first-order valence-corrected chi connectivity index (χ1v) is 9.30. The van der Waals surface area contributed by atoms with Crippen molar-refractivity contribution in [1.82, 2.24) is 0 Å². The Morgan fingerprint density at radius 1 is 0.594 bits per heavy atom. The lowest BCUT2D eigenvalue weighted by molar-refractivity contribution is -0.130. The van der Waals surface area contributed by atoms with Gasteiger partial charge in [0.1, 0.15) is 28.8 Å². The number of ether oxygens (including phenoxy) is 3. The van der Waals surface area contributed by atoms with Gasteiger partial charge in [-0.3, -0.25) is 0 Å². The maximum absolute atomic E-state index is 11.6. The van der Waals surface area contributed by atoms with Crippen LogP contribution in [-0.2, 0) is 14.4 Å². The molecule has 0 aliphatic carbocycles. The molecule has 2 aromatic carbocycles. The van der Waals surface area contributed by atoms with Crippen LogP contribution in [0.25, 0.3) is 22.6 Å². The predicted octanol–water partition coefficient (Wildman–Crippen LogP) is 4.89. The second-order valence-electron chi connectivity index (χ2n) is 6.26. The van der Waals surface area contributed by atoms with E-state index in [1.54, 1.807) is 48.5 Å². The van der Waals surface area contributed by atoms with Crippen LogP contribution in [0.15, 0.2) is 97.0 Å². The highest BCUT2D eigenvalue weighted by molar-refractivity contribution is 5.85. The average molecular weight is 430 g/mol. The van der Waals surface area contributed by atoms with Crippen LogP contribution in [-0.4, -0.2) is 17.9 Å². The molecule has 0 saturated heterocycles. The van der Waals surface area contributed by atoms with Gasteiger partial charge in [0.25, 0.3) is 0 Å². The first kappa shape index (κ1) is 22.0. The van der Waals surface area contributed by atoms with Crippen molar-refractivity contribution >= 4 is 17.9 Å². The SMILES string of the molecule is C=CC(=O)Oc1ccc(-c2ccc(-c3cc(OC(=O)C=C)cc(OC(=O)C=C)c3)o2)cc1. The van der Waals surface area contributed by atoms with Crippen LogP contribution in [0.4, 0.5) is 0 Å². The Hall–Kier alpha value is -4.65. The van der Waals surface area contributed by atoms with Crippen LogP contribution in [0.5, 0.6) is 17.2 Å². The van der Waals surface area contributed by atoms with Crippen molar-refractivity contribution < 1.29 is 33.0 Å². The number of carbonyl (C=O) groups is 3. The topological polar surface area (TPSA) is 92.0 Å². The summed E-state index contributed by atoms with van der Waals surface area (Å²) in [6.07, 6.45) is 3.11. The number of esters is 3. The van der Waals surface area contributed by atoms with Crippen LogP contribution < -0.4 is 14.2 Å². The summed E-state index contributed by atoms with van der Waals surface area (Å²) in [5.41, 5.74) is 1.25. The van der Waals surface area contributed by atoms with Gasteiger partial charge in [0.2, 0.25) is 0 Å². The molecule has 0 fully saturated rings. The lowest BCUT2D eigenvalue weighted by Gasteiger charge is -2.08.